The first-order chi connectivity index (χ1) is 8.38. The predicted octanol–water partition coefficient (Wildman–Crippen LogP) is 2.60. The molecule has 0 radical (unpaired) electrons. The van der Waals surface area contributed by atoms with E-state index < -0.39 is 24.0 Å². The first-order valence-corrected chi connectivity index (χ1v) is 5.51. The minimum Gasteiger partial charge on any atom is -0.474 e. The van der Waals surface area contributed by atoms with Gasteiger partial charge in [-0.2, -0.15) is 13.2 Å². The summed E-state index contributed by atoms with van der Waals surface area (Å²) >= 11 is 0. The number of hydrogen-bond acceptors (Lipinski definition) is 4. The summed E-state index contributed by atoms with van der Waals surface area (Å²) in [6.45, 7) is 0. The Kier molecular flexibility index (Phi) is 3.27. The number of nitrogens with zero attached hydrogens (tertiary/aromatic N) is 2. The van der Waals surface area contributed by atoms with Crippen LogP contribution in [0.4, 0.5) is 13.2 Å². The maximum atomic E-state index is 12.5. The Labute approximate surface area is 100.0 Å². The average molecular weight is 264 g/mol. The smallest absolute Gasteiger partial charge is 0.393 e. The third-order valence-corrected chi connectivity index (χ3v) is 3.16. The normalized spacial score (nSPS) is 25.1. The fraction of sp³-hybridized carbons (Fsp3) is 0.700. The summed E-state index contributed by atoms with van der Waals surface area (Å²) in [5.41, 5.74) is 0. The van der Waals surface area contributed by atoms with Gasteiger partial charge in [0.15, 0.2) is 0 Å². The van der Waals surface area contributed by atoms with Gasteiger partial charge in [-0.1, -0.05) is 0 Å². The van der Waals surface area contributed by atoms with Crippen LogP contribution in [0.5, 0.6) is 0 Å². The summed E-state index contributed by atoms with van der Waals surface area (Å²) in [4.78, 5) is 10.5. The van der Waals surface area contributed by atoms with Gasteiger partial charge in [0.25, 0.3) is 0 Å². The molecule has 0 saturated heterocycles. The fourth-order valence-corrected chi connectivity index (χ4v) is 2.15. The standard InChI is InChI=1S/C10H11F3N2O3/c11-10(12,13)6-3-1-5(2-4-6)7-14-15-8(18-7)9(16)17/h5-6H,1-4H2,(H,16,17). The predicted molar refractivity (Wildman–Crippen MR) is 52.0 cm³/mol. The van der Waals surface area contributed by atoms with Gasteiger partial charge in [0, 0.05) is 5.92 Å². The molecule has 5 nitrogen and oxygen atoms in total. The molecule has 0 aromatic carbocycles. The van der Waals surface area contributed by atoms with Crippen molar-refractivity contribution in [2.45, 2.75) is 37.8 Å². The zero-order valence-electron chi connectivity index (χ0n) is 9.28. The lowest BCUT2D eigenvalue weighted by Crippen LogP contribution is -2.27. The Morgan fingerprint density at radius 3 is 2.28 bits per heavy atom. The number of hydrogen-bond donors (Lipinski definition) is 1. The zero-order chi connectivity index (χ0) is 13.3. The van der Waals surface area contributed by atoms with Crippen LogP contribution < -0.4 is 0 Å². The van der Waals surface area contributed by atoms with Crippen molar-refractivity contribution < 1.29 is 27.5 Å². The number of carbonyl (C=O) groups is 1. The van der Waals surface area contributed by atoms with Gasteiger partial charge in [0.2, 0.25) is 5.89 Å². The van der Waals surface area contributed by atoms with E-state index in [-0.39, 0.29) is 37.5 Å². The van der Waals surface area contributed by atoms with E-state index >= 15 is 0 Å². The van der Waals surface area contributed by atoms with Crippen LogP contribution in [0.2, 0.25) is 0 Å². The minimum atomic E-state index is -4.16. The molecule has 1 saturated carbocycles. The fourth-order valence-electron chi connectivity index (χ4n) is 2.15. The maximum absolute atomic E-state index is 12.5. The molecule has 1 N–H and O–H groups in total. The van der Waals surface area contributed by atoms with Gasteiger partial charge < -0.3 is 9.52 Å². The molecule has 1 aliphatic carbocycles. The molecule has 0 unspecified atom stereocenters. The van der Waals surface area contributed by atoms with Crippen LogP contribution in [0.1, 0.15) is 48.2 Å². The molecular weight excluding hydrogens is 253 g/mol. The molecule has 2 rings (SSSR count). The average Bonchev–Trinajstić information content (AvgIpc) is 2.77. The molecule has 1 aromatic heterocycles. The van der Waals surface area contributed by atoms with E-state index in [1.165, 1.54) is 0 Å². The summed E-state index contributed by atoms with van der Waals surface area (Å²) in [7, 11) is 0. The Bertz CT molecular complexity index is 436. The Hall–Kier alpha value is -1.60. The number of halogens is 3. The molecule has 1 aliphatic rings. The zero-order valence-corrected chi connectivity index (χ0v) is 9.28. The third-order valence-electron chi connectivity index (χ3n) is 3.16. The Morgan fingerprint density at radius 2 is 1.83 bits per heavy atom. The van der Waals surface area contributed by atoms with Gasteiger partial charge in [-0.25, -0.2) is 4.79 Å². The van der Waals surface area contributed by atoms with Crippen LogP contribution in [0, 0.1) is 5.92 Å². The van der Waals surface area contributed by atoms with E-state index in [0.29, 0.717) is 0 Å². The summed E-state index contributed by atoms with van der Waals surface area (Å²) < 4.78 is 42.3. The number of rotatable bonds is 2. The van der Waals surface area contributed by atoms with E-state index in [1.54, 1.807) is 0 Å². The molecule has 0 spiro atoms. The van der Waals surface area contributed by atoms with Crippen LogP contribution in [0.15, 0.2) is 4.42 Å². The number of aromatic carboxylic acids is 1. The van der Waals surface area contributed by atoms with Gasteiger partial charge in [0.05, 0.1) is 5.92 Å². The largest absolute Gasteiger partial charge is 0.474 e. The van der Waals surface area contributed by atoms with Gasteiger partial charge in [-0.05, 0) is 25.7 Å². The third kappa shape index (κ3) is 2.62. The van der Waals surface area contributed by atoms with Crippen molar-refractivity contribution in [3.8, 4) is 0 Å². The van der Waals surface area contributed by atoms with Gasteiger partial charge in [-0.3, -0.25) is 0 Å². The van der Waals surface area contributed by atoms with E-state index in [2.05, 4.69) is 10.2 Å². The van der Waals surface area contributed by atoms with Crippen LogP contribution in [0.3, 0.4) is 0 Å². The minimum absolute atomic E-state index is 0.0128. The lowest BCUT2D eigenvalue weighted by Gasteiger charge is -2.27. The second kappa shape index (κ2) is 4.58. The summed E-state index contributed by atoms with van der Waals surface area (Å²) in [5.74, 6) is -3.30. The summed E-state index contributed by atoms with van der Waals surface area (Å²) in [6.07, 6.45) is -3.57. The molecular formula is C10H11F3N2O3. The number of carboxylic acid groups (broad SMARTS) is 1. The molecule has 1 aromatic rings. The van der Waals surface area contributed by atoms with Crippen LogP contribution in [-0.2, 0) is 0 Å². The maximum Gasteiger partial charge on any atom is 0.393 e. The SMILES string of the molecule is O=C(O)c1nnc(C2CCC(C(F)(F)F)CC2)o1. The highest BCUT2D eigenvalue weighted by atomic mass is 19.4. The highest BCUT2D eigenvalue weighted by molar-refractivity contribution is 5.81. The van der Waals surface area contributed by atoms with Gasteiger partial charge in [-0.15, -0.1) is 10.2 Å². The molecule has 100 valence electrons. The second-order valence-corrected chi connectivity index (χ2v) is 4.34. The quantitative estimate of drug-likeness (QED) is 0.888. The molecule has 0 aliphatic heterocycles. The summed E-state index contributed by atoms with van der Waals surface area (Å²) in [5, 5.41) is 15.5. The van der Waals surface area contributed by atoms with Crippen molar-refractivity contribution in [3.05, 3.63) is 11.8 Å². The monoisotopic (exact) mass is 264 g/mol. The lowest BCUT2D eigenvalue weighted by molar-refractivity contribution is -0.182. The first-order valence-electron chi connectivity index (χ1n) is 5.51. The molecule has 1 heterocycles. The molecule has 8 heteroatoms. The molecule has 18 heavy (non-hydrogen) atoms. The van der Waals surface area contributed by atoms with Crippen LogP contribution >= 0.6 is 0 Å². The van der Waals surface area contributed by atoms with Crippen LogP contribution in [0.25, 0.3) is 0 Å². The van der Waals surface area contributed by atoms with Crippen LogP contribution in [-0.4, -0.2) is 27.4 Å². The first kappa shape index (κ1) is 12.8. The lowest BCUT2D eigenvalue weighted by atomic mass is 9.81. The van der Waals surface area contributed by atoms with Crippen molar-refractivity contribution in [1.82, 2.24) is 10.2 Å². The summed E-state index contributed by atoms with van der Waals surface area (Å²) in [6, 6.07) is 0. The highest BCUT2D eigenvalue weighted by Crippen LogP contribution is 2.42. The van der Waals surface area contributed by atoms with Crippen molar-refractivity contribution in [2.75, 3.05) is 0 Å². The second-order valence-electron chi connectivity index (χ2n) is 4.34. The number of alkyl halides is 3. The van der Waals surface area contributed by atoms with E-state index in [4.69, 9.17) is 9.52 Å². The van der Waals surface area contributed by atoms with Crippen molar-refractivity contribution >= 4 is 5.97 Å². The molecule has 0 atom stereocenters. The van der Waals surface area contributed by atoms with E-state index in [0.717, 1.165) is 0 Å². The van der Waals surface area contributed by atoms with Crippen molar-refractivity contribution in [1.29, 1.82) is 0 Å². The van der Waals surface area contributed by atoms with Crippen molar-refractivity contribution in [3.63, 3.8) is 0 Å². The van der Waals surface area contributed by atoms with E-state index in [9.17, 15) is 18.0 Å². The van der Waals surface area contributed by atoms with Crippen molar-refractivity contribution in [2.24, 2.45) is 5.92 Å². The number of carboxylic acids is 1. The Morgan fingerprint density at radius 1 is 1.22 bits per heavy atom. The highest BCUT2D eigenvalue weighted by Gasteiger charge is 2.42. The molecule has 0 amide bonds. The molecule has 0 bridgehead atoms. The molecule has 1 fully saturated rings. The number of aromatic nitrogens is 2. The van der Waals surface area contributed by atoms with Gasteiger partial charge in [0.1, 0.15) is 0 Å². The topological polar surface area (TPSA) is 76.2 Å². The van der Waals surface area contributed by atoms with Gasteiger partial charge >= 0.3 is 18.0 Å². The Balaban J connectivity index is 1.99. The van der Waals surface area contributed by atoms with E-state index in [1.807, 2.05) is 0 Å².